The Balaban J connectivity index is 1.93. The maximum absolute atomic E-state index is 14.2. The minimum atomic E-state index is -4.60. The van der Waals surface area contributed by atoms with E-state index in [-0.39, 0.29) is 16.9 Å². The van der Waals surface area contributed by atoms with Crippen molar-refractivity contribution in [3.8, 4) is 5.82 Å². The summed E-state index contributed by atoms with van der Waals surface area (Å²) in [5.74, 6) is -0.775. The van der Waals surface area contributed by atoms with Gasteiger partial charge in [-0.05, 0) is 30.2 Å². The quantitative estimate of drug-likeness (QED) is 0.721. The number of hydrogen-bond acceptors (Lipinski definition) is 3. The molecule has 3 aromatic rings. The molecule has 1 N–H and O–H groups in total. The van der Waals surface area contributed by atoms with E-state index < -0.39 is 23.5 Å². The summed E-state index contributed by atoms with van der Waals surface area (Å²) in [6, 6.07) is 3.71. The molecular weight excluding hydrogens is 352 g/mol. The summed E-state index contributed by atoms with van der Waals surface area (Å²) in [5.41, 5.74) is -0.688. The van der Waals surface area contributed by atoms with Crippen LogP contribution in [0.2, 0.25) is 0 Å². The SMILES string of the molecule is Cc1nc(-n2cc(C(C)c3ccc(C(F)(F)F)cc3F)cn2)cc(=O)[nH]1. The van der Waals surface area contributed by atoms with Crippen LogP contribution in [0.3, 0.4) is 0 Å². The van der Waals surface area contributed by atoms with Crippen LogP contribution in [0, 0.1) is 12.7 Å². The highest BCUT2D eigenvalue weighted by Crippen LogP contribution is 2.33. The molecule has 0 aliphatic heterocycles. The Morgan fingerprint density at radius 2 is 1.96 bits per heavy atom. The van der Waals surface area contributed by atoms with Crippen LogP contribution >= 0.6 is 0 Å². The molecule has 9 heteroatoms. The van der Waals surface area contributed by atoms with E-state index in [1.807, 2.05) is 0 Å². The standard InChI is InChI=1S/C17H14F4N4O/c1-9(13-4-3-12(5-14(13)18)17(19,20)21)11-7-22-25(8-11)15-6-16(26)24-10(2)23-15/h3-9H,1-2H3,(H,23,24,26). The molecule has 0 bridgehead atoms. The number of aryl methyl sites for hydroxylation is 1. The number of rotatable bonds is 3. The van der Waals surface area contributed by atoms with Gasteiger partial charge in [-0.25, -0.2) is 14.1 Å². The fourth-order valence-corrected chi connectivity index (χ4v) is 2.60. The number of nitrogens with one attached hydrogen (secondary N) is 1. The number of halogens is 4. The van der Waals surface area contributed by atoms with E-state index in [2.05, 4.69) is 15.1 Å². The number of benzene rings is 1. The van der Waals surface area contributed by atoms with Crippen LogP contribution in [-0.4, -0.2) is 19.7 Å². The lowest BCUT2D eigenvalue weighted by Gasteiger charge is -2.13. The first-order valence-corrected chi connectivity index (χ1v) is 7.64. The van der Waals surface area contributed by atoms with Gasteiger partial charge in [-0.2, -0.15) is 18.3 Å². The van der Waals surface area contributed by atoms with Crippen molar-refractivity contribution in [2.45, 2.75) is 25.9 Å². The van der Waals surface area contributed by atoms with Crippen molar-refractivity contribution < 1.29 is 17.6 Å². The van der Waals surface area contributed by atoms with Crippen LogP contribution in [0.4, 0.5) is 17.6 Å². The number of alkyl halides is 3. The molecule has 2 heterocycles. The number of aromatic amines is 1. The third kappa shape index (κ3) is 3.51. The van der Waals surface area contributed by atoms with E-state index in [1.54, 1.807) is 20.0 Å². The fraction of sp³-hybridized carbons (Fsp3) is 0.235. The lowest BCUT2D eigenvalue weighted by Crippen LogP contribution is -2.12. The highest BCUT2D eigenvalue weighted by molar-refractivity contribution is 5.35. The molecule has 136 valence electrons. The molecule has 0 spiro atoms. The highest BCUT2D eigenvalue weighted by atomic mass is 19.4. The predicted molar refractivity (Wildman–Crippen MR) is 85.6 cm³/mol. The normalized spacial score (nSPS) is 13.0. The molecule has 0 fully saturated rings. The third-order valence-corrected chi connectivity index (χ3v) is 3.98. The van der Waals surface area contributed by atoms with Gasteiger partial charge in [0.1, 0.15) is 11.6 Å². The molecule has 0 saturated carbocycles. The number of nitrogens with zero attached hydrogens (tertiary/aromatic N) is 3. The van der Waals surface area contributed by atoms with Gasteiger partial charge in [-0.15, -0.1) is 0 Å². The lowest BCUT2D eigenvalue weighted by atomic mass is 9.94. The zero-order valence-electron chi connectivity index (χ0n) is 13.8. The summed E-state index contributed by atoms with van der Waals surface area (Å²) in [6.07, 6.45) is -1.58. The summed E-state index contributed by atoms with van der Waals surface area (Å²) < 4.78 is 53.5. The van der Waals surface area contributed by atoms with E-state index in [0.717, 1.165) is 12.1 Å². The van der Waals surface area contributed by atoms with Crippen molar-refractivity contribution in [1.29, 1.82) is 0 Å². The van der Waals surface area contributed by atoms with Crippen LogP contribution in [0.5, 0.6) is 0 Å². The molecular formula is C17H14F4N4O. The summed E-state index contributed by atoms with van der Waals surface area (Å²) in [6.45, 7) is 3.28. The molecule has 0 saturated heterocycles. The largest absolute Gasteiger partial charge is 0.416 e. The molecule has 0 amide bonds. The van der Waals surface area contributed by atoms with E-state index in [0.29, 0.717) is 17.5 Å². The summed E-state index contributed by atoms with van der Waals surface area (Å²) in [4.78, 5) is 18.2. The van der Waals surface area contributed by atoms with Gasteiger partial charge in [0, 0.05) is 18.2 Å². The van der Waals surface area contributed by atoms with Crippen LogP contribution < -0.4 is 5.56 Å². The average Bonchev–Trinajstić information content (AvgIpc) is 3.02. The summed E-state index contributed by atoms with van der Waals surface area (Å²) in [7, 11) is 0. The molecule has 26 heavy (non-hydrogen) atoms. The molecule has 2 aromatic heterocycles. The zero-order chi connectivity index (χ0) is 19.1. The Morgan fingerprint density at radius 3 is 2.58 bits per heavy atom. The topological polar surface area (TPSA) is 63.6 Å². The number of H-pyrrole nitrogens is 1. The zero-order valence-corrected chi connectivity index (χ0v) is 13.8. The Hall–Kier alpha value is -2.97. The van der Waals surface area contributed by atoms with E-state index in [4.69, 9.17) is 0 Å². The third-order valence-electron chi connectivity index (χ3n) is 3.98. The molecule has 1 aromatic carbocycles. The second-order valence-electron chi connectivity index (χ2n) is 5.86. The second kappa shape index (κ2) is 6.40. The first kappa shape index (κ1) is 17.8. The van der Waals surface area contributed by atoms with Gasteiger partial charge in [-0.3, -0.25) is 4.79 Å². The molecule has 0 aliphatic carbocycles. The molecule has 0 radical (unpaired) electrons. The first-order chi connectivity index (χ1) is 12.1. The van der Waals surface area contributed by atoms with Gasteiger partial charge in [0.15, 0.2) is 5.82 Å². The van der Waals surface area contributed by atoms with E-state index in [1.165, 1.54) is 16.9 Å². The van der Waals surface area contributed by atoms with Gasteiger partial charge in [0.25, 0.3) is 5.56 Å². The smallest absolute Gasteiger partial charge is 0.311 e. The van der Waals surface area contributed by atoms with E-state index >= 15 is 0 Å². The van der Waals surface area contributed by atoms with Crippen molar-refractivity contribution in [1.82, 2.24) is 19.7 Å². The Kier molecular flexibility index (Phi) is 4.39. The van der Waals surface area contributed by atoms with Crippen LogP contribution in [0.1, 0.15) is 35.4 Å². The van der Waals surface area contributed by atoms with Crippen LogP contribution in [-0.2, 0) is 6.18 Å². The van der Waals surface area contributed by atoms with Gasteiger partial charge in [-0.1, -0.05) is 13.0 Å². The van der Waals surface area contributed by atoms with Crippen LogP contribution in [0.25, 0.3) is 5.82 Å². The Bertz CT molecular complexity index is 1010. The average molecular weight is 366 g/mol. The fourth-order valence-electron chi connectivity index (χ4n) is 2.60. The molecule has 3 rings (SSSR count). The van der Waals surface area contributed by atoms with Gasteiger partial charge < -0.3 is 4.98 Å². The van der Waals surface area contributed by atoms with Crippen molar-refractivity contribution in [2.24, 2.45) is 0 Å². The van der Waals surface area contributed by atoms with Crippen LogP contribution in [0.15, 0.2) is 41.5 Å². The van der Waals surface area contributed by atoms with E-state index in [9.17, 15) is 22.4 Å². The number of hydrogen-bond donors (Lipinski definition) is 1. The molecule has 0 aliphatic rings. The maximum atomic E-state index is 14.2. The van der Waals surface area contributed by atoms with Gasteiger partial charge in [0.05, 0.1) is 11.8 Å². The molecule has 5 nitrogen and oxygen atoms in total. The number of aromatic nitrogens is 4. The summed E-state index contributed by atoms with van der Waals surface area (Å²) >= 11 is 0. The minimum Gasteiger partial charge on any atom is -0.311 e. The lowest BCUT2D eigenvalue weighted by molar-refractivity contribution is -0.137. The predicted octanol–water partition coefficient (Wildman–Crippen LogP) is 3.57. The molecule has 1 unspecified atom stereocenters. The Labute approximate surface area is 145 Å². The first-order valence-electron chi connectivity index (χ1n) is 7.64. The highest BCUT2D eigenvalue weighted by Gasteiger charge is 2.31. The van der Waals surface area contributed by atoms with Gasteiger partial charge in [0.2, 0.25) is 0 Å². The molecule has 1 atom stereocenters. The maximum Gasteiger partial charge on any atom is 0.416 e. The van der Waals surface area contributed by atoms with Crippen molar-refractivity contribution >= 4 is 0 Å². The van der Waals surface area contributed by atoms with Crippen molar-refractivity contribution in [2.75, 3.05) is 0 Å². The van der Waals surface area contributed by atoms with Crippen molar-refractivity contribution in [3.63, 3.8) is 0 Å². The Morgan fingerprint density at radius 1 is 1.23 bits per heavy atom. The van der Waals surface area contributed by atoms with Gasteiger partial charge >= 0.3 is 6.18 Å². The minimum absolute atomic E-state index is 0.118. The van der Waals surface area contributed by atoms with Crippen molar-refractivity contribution in [3.05, 3.63) is 75.3 Å². The second-order valence-corrected chi connectivity index (χ2v) is 5.86. The monoisotopic (exact) mass is 366 g/mol. The summed E-state index contributed by atoms with van der Waals surface area (Å²) in [5, 5.41) is 4.10.